The van der Waals surface area contributed by atoms with Gasteiger partial charge in [-0.3, -0.25) is 9.69 Å². The molecule has 2 heteroatoms. The van der Waals surface area contributed by atoms with Crippen molar-refractivity contribution in [1.29, 1.82) is 0 Å². The molecule has 0 aromatic heterocycles. The summed E-state index contributed by atoms with van der Waals surface area (Å²) in [6, 6.07) is 11.0. The van der Waals surface area contributed by atoms with Crippen molar-refractivity contribution in [1.82, 2.24) is 4.90 Å². The quantitative estimate of drug-likeness (QED) is 0.668. The molecule has 1 aromatic rings. The van der Waals surface area contributed by atoms with Crippen molar-refractivity contribution < 1.29 is 4.79 Å². The van der Waals surface area contributed by atoms with Gasteiger partial charge in [-0.25, -0.2) is 0 Å². The van der Waals surface area contributed by atoms with Gasteiger partial charge in [-0.05, 0) is 12.0 Å². The van der Waals surface area contributed by atoms with Gasteiger partial charge in [0.1, 0.15) is 0 Å². The molecule has 0 spiro atoms. The number of carbonyl (C=O) groups excluding carboxylic acids is 1. The van der Waals surface area contributed by atoms with Gasteiger partial charge in [-0.2, -0.15) is 0 Å². The van der Waals surface area contributed by atoms with Crippen LogP contribution in [0.5, 0.6) is 0 Å². The van der Waals surface area contributed by atoms with E-state index in [0.29, 0.717) is 18.2 Å². The number of benzene rings is 1. The lowest BCUT2D eigenvalue weighted by molar-refractivity contribution is -0.122. The molecule has 72 valence electrons. The zero-order chi connectivity index (χ0) is 9.54. The van der Waals surface area contributed by atoms with Crippen LogP contribution in [0.15, 0.2) is 30.3 Å². The maximum Gasteiger partial charge on any atom is 0.151 e. The highest BCUT2D eigenvalue weighted by atomic mass is 16.1. The van der Waals surface area contributed by atoms with E-state index >= 15 is 0 Å². The molecule has 2 nitrogen and oxygen atoms in total. The normalized spacial score (nSPS) is 31.3. The van der Waals surface area contributed by atoms with Gasteiger partial charge in [0.15, 0.2) is 5.78 Å². The molecular formula is C12H13NO. The third-order valence-electron chi connectivity index (χ3n) is 3.41. The monoisotopic (exact) mass is 187 g/mol. The zero-order valence-electron chi connectivity index (χ0n) is 8.02. The first kappa shape index (κ1) is 8.18. The van der Waals surface area contributed by atoms with Crippen molar-refractivity contribution >= 4 is 5.78 Å². The van der Waals surface area contributed by atoms with Crippen molar-refractivity contribution in [2.24, 2.45) is 0 Å². The molecule has 2 fully saturated rings. The molecule has 0 amide bonds. The van der Waals surface area contributed by atoms with Gasteiger partial charge in [0.2, 0.25) is 0 Å². The number of rotatable bonds is 1. The van der Waals surface area contributed by atoms with Crippen LogP contribution in [0.2, 0.25) is 0 Å². The van der Waals surface area contributed by atoms with Crippen LogP contribution in [-0.4, -0.2) is 23.3 Å². The van der Waals surface area contributed by atoms with E-state index in [-0.39, 0.29) is 6.04 Å². The molecule has 0 saturated carbocycles. The van der Waals surface area contributed by atoms with Crippen LogP contribution in [0.1, 0.15) is 24.4 Å². The van der Waals surface area contributed by atoms with E-state index in [1.165, 1.54) is 5.56 Å². The molecule has 0 aliphatic carbocycles. The number of fused-ring (bicyclic) bond motifs is 1. The van der Waals surface area contributed by atoms with Crippen LogP contribution in [0, 0.1) is 0 Å². The minimum absolute atomic E-state index is 0.250. The highest BCUT2D eigenvalue weighted by Gasteiger charge is 2.45. The number of carbonyl (C=O) groups is 1. The molecule has 2 saturated heterocycles. The van der Waals surface area contributed by atoms with E-state index in [0.717, 1.165) is 13.0 Å². The Labute approximate surface area is 83.5 Å². The Kier molecular flexibility index (Phi) is 1.71. The first-order chi connectivity index (χ1) is 6.86. The summed E-state index contributed by atoms with van der Waals surface area (Å²) < 4.78 is 0. The van der Waals surface area contributed by atoms with Crippen molar-refractivity contribution in [3.05, 3.63) is 35.9 Å². The van der Waals surface area contributed by atoms with Gasteiger partial charge in [-0.15, -0.1) is 0 Å². The SMILES string of the molecule is O=C1CC(c2ccccc2)N2CCC12. The van der Waals surface area contributed by atoms with Crippen LogP contribution in [0.3, 0.4) is 0 Å². The van der Waals surface area contributed by atoms with E-state index in [4.69, 9.17) is 0 Å². The predicted molar refractivity (Wildman–Crippen MR) is 53.9 cm³/mol. The van der Waals surface area contributed by atoms with E-state index in [1.807, 2.05) is 18.2 Å². The summed E-state index contributed by atoms with van der Waals surface area (Å²) in [6.07, 6.45) is 1.79. The van der Waals surface area contributed by atoms with Crippen molar-refractivity contribution in [3.63, 3.8) is 0 Å². The van der Waals surface area contributed by atoms with Gasteiger partial charge in [0.25, 0.3) is 0 Å². The highest BCUT2D eigenvalue weighted by Crippen LogP contribution is 2.40. The van der Waals surface area contributed by atoms with Gasteiger partial charge in [0.05, 0.1) is 6.04 Å². The molecule has 0 radical (unpaired) electrons. The fraction of sp³-hybridized carbons (Fsp3) is 0.417. The van der Waals surface area contributed by atoms with Crippen molar-refractivity contribution in [2.45, 2.75) is 24.9 Å². The van der Waals surface area contributed by atoms with E-state index in [2.05, 4.69) is 17.0 Å². The Morgan fingerprint density at radius 3 is 2.50 bits per heavy atom. The lowest BCUT2D eigenvalue weighted by Crippen LogP contribution is -2.46. The fourth-order valence-corrected chi connectivity index (χ4v) is 2.55. The number of ketones is 1. The minimum Gasteiger partial charge on any atom is -0.298 e. The molecule has 0 N–H and O–H groups in total. The van der Waals surface area contributed by atoms with Crippen molar-refractivity contribution in [3.8, 4) is 0 Å². The maximum atomic E-state index is 11.6. The van der Waals surface area contributed by atoms with Crippen LogP contribution in [0.25, 0.3) is 0 Å². The van der Waals surface area contributed by atoms with Gasteiger partial charge in [0, 0.05) is 19.0 Å². The third-order valence-corrected chi connectivity index (χ3v) is 3.41. The molecule has 3 rings (SSSR count). The first-order valence-electron chi connectivity index (χ1n) is 5.19. The maximum absolute atomic E-state index is 11.6. The molecule has 2 heterocycles. The fourth-order valence-electron chi connectivity index (χ4n) is 2.55. The molecule has 2 aliphatic rings. The summed E-state index contributed by atoms with van der Waals surface area (Å²) in [7, 11) is 0. The highest BCUT2D eigenvalue weighted by molar-refractivity contribution is 5.88. The Hall–Kier alpha value is -1.15. The second kappa shape index (κ2) is 2.92. The average Bonchev–Trinajstić information content (AvgIpc) is 2.37. The Bertz CT molecular complexity index is 360. The number of nitrogens with zero attached hydrogens (tertiary/aromatic N) is 1. The lowest BCUT2D eigenvalue weighted by atomic mass is 10.0. The zero-order valence-corrected chi connectivity index (χ0v) is 8.02. The summed E-state index contributed by atoms with van der Waals surface area (Å²) in [5.74, 6) is 0.435. The van der Waals surface area contributed by atoms with Crippen LogP contribution >= 0.6 is 0 Å². The summed E-state index contributed by atoms with van der Waals surface area (Å²) in [5.41, 5.74) is 1.29. The smallest absolute Gasteiger partial charge is 0.151 e. The number of hydrogen-bond acceptors (Lipinski definition) is 2. The van der Waals surface area contributed by atoms with Gasteiger partial charge < -0.3 is 0 Å². The molecule has 14 heavy (non-hydrogen) atoms. The Morgan fingerprint density at radius 2 is 1.93 bits per heavy atom. The Balaban J connectivity index is 1.90. The van der Waals surface area contributed by atoms with Crippen LogP contribution in [-0.2, 0) is 4.79 Å². The summed E-state index contributed by atoms with van der Waals surface area (Å²) in [6.45, 7) is 1.09. The van der Waals surface area contributed by atoms with Gasteiger partial charge >= 0.3 is 0 Å². The van der Waals surface area contributed by atoms with E-state index in [1.54, 1.807) is 0 Å². The lowest BCUT2D eigenvalue weighted by Gasteiger charge is -2.37. The largest absolute Gasteiger partial charge is 0.298 e. The van der Waals surface area contributed by atoms with Crippen LogP contribution in [0.4, 0.5) is 0 Å². The second-order valence-electron chi connectivity index (χ2n) is 4.14. The van der Waals surface area contributed by atoms with E-state index in [9.17, 15) is 4.79 Å². The summed E-state index contributed by atoms with van der Waals surface area (Å²) >= 11 is 0. The molecule has 0 bridgehead atoms. The van der Waals surface area contributed by atoms with E-state index < -0.39 is 0 Å². The first-order valence-corrected chi connectivity index (χ1v) is 5.19. The number of Topliss-reactive ketones (excluding diaryl/α,β-unsaturated/α-hetero) is 1. The molecule has 2 aliphatic heterocycles. The van der Waals surface area contributed by atoms with Crippen LogP contribution < -0.4 is 0 Å². The average molecular weight is 187 g/mol. The van der Waals surface area contributed by atoms with Crippen molar-refractivity contribution in [2.75, 3.05) is 6.54 Å². The summed E-state index contributed by atoms with van der Waals surface area (Å²) in [5, 5.41) is 0. The number of hydrogen-bond donors (Lipinski definition) is 0. The molecule has 1 aromatic carbocycles. The molecule has 2 unspecified atom stereocenters. The minimum atomic E-state index is 0.250. The topological polar surface area (TPSA) is 20.3 Å². The summed E-state index contributed by atoms with van der Waals surface area (Å²) in [4.78, 5) is 13.9. The second-order valence-corrected chi connectivity index (χ2v) is 4.14. The molecular weight excluding hydrogens is 174 g/mol. The Morgan fingerprint density at radius 1 is 1.14 bits per heavy atom. The molecule has 2 atom stereocenters. The third kappa shape index (κ3) is 1.04. The predicted octanol–water partition coefficient (Wildman–Crippen LogP) is 1.77. The standard InChI is InChI=1S/C12H13NO/c14-12-8-11(13-7-6-10(12)13)9-4-2-1-3-5-9/h1-5,10-11H,6-8H2. The van der Waals surface area contributed by atoms with Gasteiger partial charge in [-0.1, -0.05) is 30.3 Å².